The van der Waals surface area contributed by atoms with Crippen LogP contribution in [0.4, 0.5) is 15.8 Å². The number of nitrogens with two attached hydrogens (primary N) is 2. The lowest BCUT2D eigenvalue weighted by Gasteiger charge is -2.14. The van der Waals surface area contributed by atoms with Crippen LogP contribution in [0.2, 0.25) is 0 Å². The van der Waals surface area contributed by atoms with Crippen LogP contribution in [0, 0.1) is 5.82 Å². The summed E-state index contributed by atoms with van der Waals surface area (Å²) in [5, 5.41) is 2.97. The number of hydrogen-bond donors (Lipinski definition) is 3. The number of anilines is 2. The van der Waals surface area contributed by atoms with Crippen LogP contribution in [0.25, 0.3) is 0 Å². The molecule has 1 aromatic carbocycles. The zero-order valence-electron chi connectivity index (χ0n) is 9.20. The Kier molecular flexibility index (Phi) is 3.14. The Balaban J connectivity index is 2.26. The molecule has 17 heavy (non-hydrogen) atoms. The Morgan fingerprint density at radius 3 is 2.88 bits per heavy atom. The minimum Gasteiger partial charge on any atom is -0.398 e. The van der Waals surface area contributed by atoms with E-state index in [1.807, 2.05) is 0 Å². The van der Waals surface area contributed by atoms with Gasteiger partial charge in [-0.15, -0.1) is 0 Å². The van der Waals surface area contributed by atoms with Gasteiger partial charge in [0.05, 0.1) is 23.9 Å². The van der Waals surface area contributed by atoms with E-state index < -0.39 is 11.7 Å². The third-order valence-corrected chi connectivity index (χ3v) is 2.69. The summed E-state index contributed by atoms with van der Waals surface area (Å²) in [5.74, 6) is -1.17. The molecule has 2 rings (SSSR count). The molecule has 0 aromatic heterocycles. The first-order valence-corrected chi connectivity index (χ1v) is 5.31. The minimum absolute atomic E-state index is 0.0446. The van der Waals surface area contributed by atoms with Crippen molar-refractivity contribution < 1.29 is 13.9 Å². The molecule has 0 saturated carbocycles. The number of rotatable bonds is 3. The van der Waals surface area contributed by atoms with Gasteiger partial charge < -0.3 is 21.5 Å². The summed E-state index contributed by atoms with van der Waals surface area (Å²) in [5.41, 5.74) is 11.0. The number of nitrogens with one attached hydrogen (secondary N) is 1. The second-order valence-corrected chi connectivity index (χ2v) is 3.99. The van der Waals surface area contributed by atoms with E-state index in [9.17, 15) is 9.18 Å². The van der Waals surface area contributed by atoms with Crippen LogP contribution in [0.5, 0.6) is 0 Å². The molecule has 1 amide bonds. The standard InChI is InChI=1S/C11H14FN3O2/c12-8-4-9(13)7(11(14)16)3-10(8)15-6-1-2-17-5-6/h3-4,6,15H,1-2,5,13H2,(H2,14,16). The van der Waals surface area contributed by atoms with Crippen LogP contribution in [0.15, 0.2) is 12.1 Å². The van der Waals surface area contributed by atoms with Gasteiger partial charge in [-0.1, -0.05) is 0 Å². The first-order valence-electron chi connectivity index (χ1n) is 5.31. The van der Waals surface area contributed by atoms with Gasteiger partial charge in [-0.2, -0.15) is 0 Å². The molecule has 0 aliphatic carbocycles. The van der Waals surface area contributed by atoms with Gasteiger partial charge in [-0.05, 0) is 18.6 Å². The predicted molar refractivity (Wildman–Crippen MR) is 62.2 cm³/mol. The molecular formula is C11H14FN3O2. The Morgan fingerprint density at radius 2 is 2.29 bits per heavy atom. The van der Waals surface area contributed by atoms with E-state index >= 15 is 0 Å². The number of primary amides is 1. The fraction of sp³-hybridized carbons (Fsp3) is 0.364. The maximum Gasteiger partial charge on any atom is 0.250 e. The fourth-order valence-electron chi connectivity index (χ4n) is 1.78. The van der Waals surface area contributed by atoms with Gasteiger partial charge in [0.1, 0.15) is 5.82 Å². The van der Waals surface area contributed by atoms with Gasteiger partial charge >= 0.3 is 0 Å². The molecule has 6 heteroatoms. The molecule has 5 N–H and O–H groups in total. The smallest absolute Gasteiger partial charge is 0.250 e. The van der Waals surface area contributed by atoms with Crippen LogP contribution in [0.3, 0.4) is 0 Å². The van der Waals surface area contributed by atoms with Crippen molar-refractivity contribution in [1.29, 1.82) is 0 Å². The van der Waals surface area contributed by atoms with E-state index in [0.717, 1.165) is 12.5 Å². The Bertz CT molecular complexity index is 445. The summed E-state index contributed by atoms with van der Waals surface area (Å²) in [6.07, 6.45) is 0.801. The average Bonchev–Trinajstić information content (AvgIpc) is 2.74. The molecule has 1 atom stereocenters. The molecular weight excluding hydrogens is 225 g/mol. The molecule has 1 unspecified atom stereocenters. The van der Waals surface area contributed by atoms with E-state index in [1.165, 1.54) is 6.07 Å². The van der Waals surface area contributed by atoms with Crippen LogP contribution in [0.1, 0.15) is 16.8 Å². The van der Waals surface area contributed by atoms with Crippen molar-refractivity contribution >= 4 is 17.3 Å². The van der Waals surface area contributed by atoms with Crippen molar-refractivity contribution in [3.8, 4) is 0 Å². The van der Waals surface area contributed by atoms with Crippen molar-refractivity contribution in [1.82, 2.24) is 0 Å². The lowest BCUT2D eigenvalue weighted by molar-refractivity contribution is 0.100. The zero-order valence-corrected chi connectivity index (χ0v) is 9.20. The summed E-state index contributed by atoms with van der Waals surface area (Å²) >= 11 is 0. The van der Waals surface area contributed by atoms with Crippen molar-refractivity contribution in [2.75, 3.05) is 24.3 Å². The summed E-state index contributed by atoms with van der Waals surface area (Å²) in [7, 11) is 0. The number of carbonyl (C=O) groups excluding carboxylic acids is 1. The van der Waals surface area contributed by atoms with Gasteiger partial charge in [0.15, 0.2) is 0 Å². The van der Waals surface area contributed by atoms with Crippen LogP contribution in [-0.4, -0.2) is 25.2 Å². The monoisotopic (exact) mass is 239 g/mol. The Hall–Kier alpha value is -1.82. The lowest BCUT2D eigenvalue weighted by atomic mass is 10.1. The molecule has 0 radical (unpaired) electrons. The number of amides is 1. The highest BCUT2D eigenvalue weighted by atomic mass is 19.1. The maximum atomic E-state index is 13.6. The molecule has 92 valence electrons. The SMILES string of the molecule is NC(=O)c1cc(NC2CCOC2)c(F)cc1N. The maximum absolute atomic E-state index is 13.6. The first kappa shape index (κ1) is 11.7. The number of benzene rings is 1. The molecule has 1 aliphatic heterocycles. The highest BCUT2D eigenvalue weighted by molar-refractivity contribution is 5.99. The highest BCUT2D eigenvalue weighted by Gasteiger charge is 2.18. The van der Waals surface area contributed by atoms with Crippen molar-refractivity contribution in [2.45, 2.75) is 12.5 Å². The van der Waals surface area contributed by atoms with Gasteiger partial charge in [-0.25, -0.2) is 4.39 Å². The van der Waals surface area contributed by atoms with Crippen LogP contribution >= 0.6 is 0 Å². The topological polar surface area (TPSA) is 90.4 Å². The van der Waals surface area contributed by atoms with Crippen LogP contribution < -0.4 is 16.8 Å². The largest absolute Gasteiger partial charge is 0.398 e. The molecule has 1 aliphatic rings. The van der Waals surface area contributed by atoms with E-state index in [-0.39, 0.29) is 23.0 Å². The number of ether oxygens (including phenoxy) is 1. The zero-order chi connectivity index (χ0) is 12.4. The van der Waals surface area contributed by atoms with E-state index in [4.69, 9.17) is 16.2 Å². The quantitative estimate of drug-likeness (QED) is 0.677. The molecule has 0 bridgehead atoms. The number of carbonyl (C=O) groups is 1. The van der Waals surface area contributed by atoms with Gasteiger partial charge in [0, 0.05) is 12.3 Å². The van der Waals surface area contributed by atoms with E-state index in [0.29, 0.717) is 13.2 Å². The van der Waals surface area contributed by atoms with Gasteiger partial charge in [-0.3, -0.25) is 4.79 Å². The fourth-order valence-corrected chi connectivity index (χ4v) is 1.78. The van der Waals surface area contributed by atoms with Crippen molar-refractivity contribution in [3.63, 3.8) is 0 Å². The number of nitrogen functional groups attached to an aromatic ring is 1. The first-order chi connectivity index (χ1) is 8.08. The molecule has 5 nitrogen and oxygen atoms in total. The number of hydrogen-bond acceptors (Lipinski definition) is 4. The number of halogens is 1. The molecule has 1 saturated heterocycles. The second-order valence-electron chi connectivity index (χ2n) is 3.99. The van der Waals surface area contributed by atoms with Crippen molar-refractivity contribution in [3.05, 3.63) is 23.5 Å². The summed E-state index contributed by atoms with van der Waals surface area (Å²) in [4.78, 5) is 11.1. The second kappa shape index (κ2) is 4.58. The lowest BCUT2D eigenvalue weighted by Crippen LogP contribution is -2.21. The third-order valence-electron chi connectivity index (χ3n) is 2.69. The molecule has 1 fully saturated rings. The molecule has 0 spiro atoms. The van der Waals surface area contributed by atoms with Crippen molar-refractivity contribution in [2.24, 2.45) is 5.73 Å². The van der Waals surface area contributed by atoms with E-state index in [2.05, 4.69) is 5.32 Å². The summed E-state index contributed by atoms with van der Waals surface area (Å²) in [6, 6.07) is 2.48. The minimum atomic E-state index is -0.673. The van der Waals surface area contributed by atoms with E-state index in [1.54, 1.807) is 0 Å². The highest BCUT2D eigenvalue weighted by Crippen LogP contribution is 2.23. The predicted octanol–water partition coefficient (Wildman–Crippen LogP) is 0.708. The summed E-state index contributed by atoms with van der Waals surface area (Å²) < 4.78 is 18.8. The normalized spacial score (nSPS) is 19.2. The molecule has 1 aromatic rings. The Morgan fingerprint density at radius 1 is 1.53 bits per heavy atom. The average molecular weight is 239 g/mol. The van der Waals surface area contributed by atoms with Gasteiger partial charge in [0.2, 0.25) is 0 Å². The third kappa shape index (κ3) is 2.47. The van der Waals surface area contributed by atoms with Crippen LogP contribution in [-0.2, 0) is 4.74 Å². The molecule has 1 heterocycles. The Labute approximate surface area is 97.9 Å². The summed E-state index contributed by atoms with van der Waals surface area (Å²) in [6.45, 7) is 1.17. The van der Waals surface area contributed by atoms with Gasteiger partial charge in [0.25, 0.3) is 5.91 Å².